The third-order valence-electron chi connectivity index (χ3n) is 7.55. The third-order valence-corrected chi connectivity index (χ3v) is 9.45. The lowest BCUT2D eigenvalue weighted by Crippen LogP contribution is -2.40. The molecule has 0 aromatic rings. The van der Waals surface area contributed by atoms with Crippen LogP contribution < -0.4 is 10.6 Å². The zero-order valence-electron chi connectivity index (χ0n) is 28.0. The van der Waals surface area contributed by atoms with E-state index in [4.69, 9.17) is 22.8 Å². The molecule has 2 heterocycles. The van der Waals surface area contributed by atoms with E-state index in [1.807, 2.05) is 0 Å². The molecule has 0 amide bonds. The van der Waals surface area contributed by atoms with Gasteiger partial charge in [-0.2, -0.15) is 0 Å². The molecule has 15 heteroatoms. The highest BCUT2D eigenvalue weighted by molar-refractivity contribution is 7.47. The lowest BCUT2D eigenvalue weighted by atomic mass is 10.1. The molecule has 0 bridgehead atoms. The molecule has 0 aromatic heterocycles. The zero-order valence-corrected chi connectivity index (χ0v) is 29.8. The van der Waals surface area contributed by atoms with E-state index in [0.29, 0.717) is 12.1 Å². The van der Waals surface area contributed by atoms with Gasteiger partial charge in [-0.1, -0.05) is 27.7 Å². The van der Waals surface area contributed by atoms with Crippen LogP contribution in [-0.2, 0) is 32.0 Å². The Balaban J connectivity index is 1.88. The maximum atomic E-state index is 12.8. The van der Waals surface area contributed by atoms with E-state index >= 15 is 0 Å². The van der Waals surface area contributed by atoms with Gasteiger partial charge in [-0.25, -0.2) is 9.13 Å². The molecule has 0 radical (unpaired) electrons. The molecule has 4 unspecified atom stereocenters. The first-order valence-corrected chi connectivity index (χ1v) is 18.8. The number of ether oxygens (including phenoxy) is 1. The molecule has 0 aromatic carbocycles. The van der Waals surface area contributed by atoms with Gasteiger partial charge in [0.15, 0.2) is 0 Å². The van der Waals surface area contributed by atoms with Crippen molar-refractivity contribution < 1.29 is 41.7 Å². The Labute approximate surface area is 259 Å². The van der Waals surface area contributed by atoms with Gasteiger partial charge in [0.2, 0.25) is 0 Å². The fourth-order valence-corrected chi connectivity index (χ4v) is 7.54. The van der Waals surface area contributed by atoms with E-state index in [1.165, 1.54) is 0 Å². The molecule has 0 spiro atoms. The van der Waals surface area contributed by atoms with Crippen LogP contribution in [-0.4, -0.2) is 120 Å². The third kappa shape index (κ3) is 14.5. The summed E-state index contributed by atoms with van der Waals surface area (Å²) in [6, 6.07) is 1.65. The Hall–Kier alpha value is 0.0200. The number of hydrogen-bond donors (Lipinski definition) is 4. The van der Waals surface area contributed by atoms with Crippen molar-refractivity contribution in [2.45, 2.75) is 143 Å². The van der Waals surface area contributed by atoms with Crippen molar-refractivity contribution in [1.29, 1.82) is 0 Å². The minimum absolute atomic E-state index is 0.0355. The van der Waals surface area contributed by atoms with Gasteiger partial charge in [0.1, 0.15) is 6.10 Å². The number of rotatable bonds is 20. The number of nitrogens with one attached hydrogen (secondary N) is 2. The largest absolute Gasteiger partial charge is 0.472 e. The summed E-state index contributed by atoms with van der Waals surface area (Å²) >= 11 is 0. The Morgan fingerprint density at radius 2 is 1.05 bits per heavy atom. The average Bonchev–Trinajstić information content (AvgIpc) is 3.46. The standard InChI is InChI=1S/C28H60N4O9P2/c1-19(2)29-24-11-26(31(13-24)21(5)6)15-37-42(33,34)39-17-28(41-23(9)10)18-40-43(35,36)38-16-27-12-25(30-20(3)4)14-32(27)22(7)8/h19-30H,11-18H2,1-10H3,(H,33,34)(H,35,36)/t24-,25+,26+,27?,28?/m1/s1. The van der Waals surface area contributed by atoms with Crippen LogP contribution in [0.2, 0.25) is 0 Å². The quantitative estimate of drug-likeness (QED) is 0.141. The monoisotopic (exact) mass is 658 g/mol. The highest BCUT2D eigenvalue weighted by Crippen LogP contribution is 2.46. The van der Waals surface area contributed by atoms with Gasteiger partial charge >= 0.3 is 15.6 Å². The summed E-state index contributed by atoms with van der Waals surface area (Å²) in [5.74, 6) is 0. The van der Waals surface area contributed by atoms with Crippen LogP contribution in [0.1, 0.15) is 82.1 Å². The predicted molar refractivity (Wildman–Crippen MR) is 168 cm³/mol. The van der Waals surface area contributed by atoms with Crippen molar-refractivity contribution in [3.05, 3.63) is 0 Å². The van der Waals surface area contributed by atoms with Gasteiger partial charge < -0.3 is 25.2 Å². The van der Waals surface area contributed by atoms with Crippen LogP contribution in [0.25, 0.3) is 0 Å². The van der Waals surface area contributed by atoms with Gasteiger partial charge in [0.25, 0.3) is 0 Å². The summed E-state index contributed by atoms with van der Waals surface area (Å²) in [5.41, 5.74) is 0. The highest BCUT2D eigenvalue weighted by Gasteiger charge is 2.38. The van der Waals surface area contributed by atoms with Gasteiger partial charge in [-0.05, 0) is 54.4 Å². The van der Waals surface area contributed by atoms with Crippen LogP contribution >= 0.6 is 15.6 Å². The van der Waals surface area contributed by atoms with Crippen molar-refractivity contribution in [1.82, 2.24) is 20.4 Å². The first kappa shape index (κ1) is 39.2. The maximum absolute atomic E-state index is 12.8. The second kappa shape index (κ2) is 17.8. The van der Waals surface area contributed by atoms with Gasteiger partial charge in [0.05, 0.1) is 32.5 Å². The number of phosphoric ester groups is 2. The fourth-order valence-electron chi connectivity index (χ4n) is 5.96. The number of hydrogen-bond acceptors (Lipinski definition) is 11. The molecule has 2 fully saturated rings. The Bertz CT molecular complexity index is 845. The smallest absolute Gasteiger partial charge is 0.371 e. The van der Waals surface area contributed by atoms with Gasteiger partial charge in [-0.3, -0.25) is 27.9 Å². The van der Waals surface area contributed by atoms with Crippen LogP contribution in [0.5, 0.6) is 0 Å². The highest BCUT2D eigenvalue weighted by atomic mass is 31.2. The Kier molecular flexibility index (Phi) is 16.2. The lowest BCUT2D eigenvalue weighted by Gasteiger charge is -2.29. The molecule has 13 nitrogen and oxygen atoms in total. The topological polar surface area (TPSA) is 151 Å². The molecule has 7 atom stereocenters. The minimum Gasteiger partial charge on any atom is -0.371 e. The fraction of sp³-hybridized carbons (Fsp3) is 1.00. The molecule has 4 N–H and O–H groups in total. The van der Waals surface area contributed by atoms with E-state index < -0.39 is 21.7 Å². The molecule has 2 aliphatic heterocycles. The van der Waals surface area contributed by atoms with E-state index in [1.54, 1.807) is 13.8 Å². The number of phosphoric acid groups is 2. The van der Waals surface area contributed by atoms with Crippen LogP contribution in [0.3, 0.4) is 0 Å². The molecule has 0 saturated carbocycles. The number of likely N-dealkylation sites (tertiary alicyclic amines) is 2. The van der Waals surface area contributed by atoms with E-state index in [9.17, 15) is 18.9 Å². The first-order valence-electron chi connectivity index (χ1n) is 15.8. The molecule has 2 rings (SSSR count). The molecule has 0 aliphatic carbocycles. The molecule has 43 heavy (non-hydrogen) atoms. The summed E-state index contributed by atoms with van der Waals surface area (Å²) in [4.78, 5) is 25.3. The summed E-state index contributed by atoms with van der Waals surface area (Å²) < 4.78 is 52.6. The predicted octanol–water partition coefficient (Wildman–Crippen LogP) is 3.75. The Morgan fingerprint density at radius 1 is 0.674 bits per heavy atom. The molecular weight excluding hydrogens is 598 g/mol. The van der Waals surface area contributed by atoms with E-state index in [2.05, 4.69) is 75.8 Å². The first-order chi connectivity index (χ1) is 19.9. The summed E-state index contributed by atoms with van der Waals surface area (Å²) in [6.45, 7) is 21.3. The molecule has 2 aliphatic rings. The van der Waals surface area contributed by atoms with Crippen molar-refractivity contribution in [3.63, 3.8) is 0 Å². The molecular formula is C28H60N4O9P2. The summed E-state index contributed by atoms with van der Waals surface area (Å²) in [6.07, 6.45) is 0.395. The molecule has 2 saturated heterocycles. The SMILES string of the molecule is CC(C)N[C@@H]1C[C@@H](COP(=O)(O)OCC(COP(=O)(O)OCC2C[C@H](NC(C)C)CN2C(C)C)OC(C)C)N(C(C)C)C1. The summed E-state index contributed by atoms with van der Waals surface area (Å²) in [7, 11) is -8.85. The maximum Gasteiger partial charge on any atom is 0.472 e. The van der Waals surface area contributed by atoms with Gasteiger partial charge in [-0.15, -0.1) is 0 Å². The van der Waals surface area contributed by atoms with Gasteiger partial charge in [0, 0.05) is 61.4 Å². The van der Waals surface area contributed by atoms with Crippen LogP contribution in [0, 0.1) is 0 Å². The Morgan fingerprint density at radius 3 is 1.35 bits per heavy atom. The summed E-state index contributed by atoms with van der Waals surface area (Å²) in [5, 5.41) is 7.06. The normalized spacial score (nSPS) is 27.7. The van der Waals surface area contributed by atoms with Crippen LogP contribution in [0.4, 0.5) is 0 Å². The van der Waals surface area contributed by atoms with E-state index in [-0.39, 0.29) is 68.8 Å². The number of nitrogens with zero attached hydrogens (tertiary/aromatic N) is 2. The molecule has 256 valence electrons. The second-order valence-corrected chi connectivity index (χ2v) is 16.2. The zero-order chi connectivity index (χ0) is 32.5. The van der Waals surface area contributed by atoms with E-state index in [0.717, 1.165) is 25.9 Å². The minimum atomic E-state index is -4.43. The van der Waals surface area contributed by atoms with Crippen LogP contribution in [0.15, 0.2) is 0 Å². The second-order valence-electron chi connectivity index (χ2n) is 13.3. The van der Waals surface area contributed by atoms with Crippen molar-refractivity contribution in [3.8, 4) is 0 Å². The average molecular weight is 659 g/mol. The van der Waals surface area contributed by atoms with Crippen molar-refractivity contribution >= 4 is 15.6 Å². The van der Waals surface area contributed by atoms with Crippen molar-refractivity contribution in [2.24, 2.45) is 0 Å². The lowest BCUT2D eigenvalue weighted by molar-refractivity contribution is -0.0514. The van der Waals surface area contributed by atoms with Crippen molar-refractivity contribution in [2.75, 3.05) is 39.5 Å².